The van der Waals surface area contributed by atoms with Gasteiger partial charge in [-0.05, 0) is 25.5 Å². The zero-order valence-electron chi connectivity index (χ0n) is 11.5. The normalized spacial score (nSPS) is 25.3. The molecule has 4 nitrogen and oxygen atoms in total. The third-order valence-corrected chi connectivity index (χ3v) is 3.84. The molecule has 19 heavy (non-hydrogen) atoms. The Bertz CT molecular complexity index is 538. The first-order valence-corrected chi connectivity index (χ1v) is 6.46. The van der Waals surface area contributed by atoms with E-state index in [1.165, 1.54) is 0 Å². The van der Waals surface area contributed by atoms with Crippen LogP contribution in [0.25, 0.3) is 0 Å². The summed E-state index contributed by atoms with van der Waals surface area (Å²) in [4.78, 5) is 24.0. The van der Waals surface area contributed by atoms with E-state index in [9.17, 15) is 9.59 Å². The van der Waals surface area contributed by atoms with E-state index >= 15 is 0 Å². The number of Topliss-reactive ketones (excluding diaryl/α,β-unsaturated/α-hetero) is 1. The molecule has 0 fully saturated rings. The molecule has 2 rings (SSSR count). The molecule has 0 radical (unpaired) electrons. The van der Waals surface area contributed by atoms with Crippen molar-refractivity contribution in [3.8, 4) is 0 Å². The lowest BCUT2D eigenvalue weighted by atomic mass is 9.78. The lowest BCUT2D eigenvalue weighted by molar-refractivity contribution is -0.144. The molecule has 2 unspecified atom stereocenters. The fourth-order valence-electron chi connectivity index (χ4n) is 2.70. The number of ketones is 1. The number of carbonyl (C=O) groups is 2. The van der Waals surface area contributed by atoms with Crippen LogP contribution in [0.1, 0.15) is 41.8 Å². The molecule has 0 saturated heterocycles. The molecule has 2 atom stereocenters. The van der Waals surface area contributed by atoms with Crippen LogP contribution in [0.15, 0.2) is 18.2 Å². The van der Waals surface area contributed by atoms with Gasteiger partial charge in [0.05, 0.1) is 19.1 Å². The predicted molar refractivity (Wildman–Crippen MR) is 72.1 cm³/mol. The van der Waals surface area contributed by atoms with Crippen LogP contribution in [0.3, 0.4) is 0 Å². The number of nitrogens with two attached hydrogens (primary N) is 1. The van der Waals surface area contributed by atoms with Crippen LogP contribution < -0.4 is 5.73 Å². The lowest BCUT2D eigenvalue weighted by Gasteiger charge is -2.28. The summed E-state index contributed by atoms with van der Waals surface area (Å²) in [5.74, 6) is -0.410. The van der Waals surface area contributed by atoms with Crippen molar-refractivity contribution in [1.82, 2.24) is 0 Å². The zero-order chi connectivity index (χ0) is 14.2. The Hall–Kier alpha value is -1.68. The smallest absolute Gasteiger partial charge is 0.306 e. The summed E-state index contributed by atoms with van der Waals surface area (Å²) in [6, 6.07) is 4.99. The van der Waals surface area contributed by atoms with E-state index in [2.05, 4.69) is 0 Å². The van der Waals surface area contributed by atoms with Crippen molar-refractivity contribution in [2.75, 3.05) is 6.61 Å². The molecule has 1 aliphatic rings. The number of fused-ring (bicyclic) bond motifs is 1. The molecule has 0 bridgehead atoms. The minimum atomic E-state index is -0.686. The third kappa shape index (κ3) is 2.16. The van der Waals surface area contributed by atoms with Gasteiger partial charge in [-0.2, -0.15) is 0 Å². The predicted octanol–water partition coefficient (Wildman–Crippen LogP) is 1.73. The van der Waals surface area contributed by atoms with Crippen LogP contribution in [0, 0.1) is 6.92 Å². The maximum absolute atomic E-state index is 12.2. The Labute approximate surface area is 112 Å². The first kappa shape index (κ1) is 13.7. The Morgan fingerprint density at radius 1 is 1.47 bits per heavy atom. The minimum Gasteiger partial charge on any atom is -0.466 e. The highest BCUT2D eigenvalue weighted by Gasteiger charge is 2.48. The number of benzene rings is 1. The monoisotopic (exact) mass is 261 g/mol. The quantitative estimate of drug-likeness (QED) is 0.841. The van der Waals surface area contributed by atoms with Gasteiger partial charge in [0.15, 0.2) is 5.78 Å². The van der Waals surface area contributed by atoms with Crippen molar-refractivity contribution in [2.45, 2.75) is 38.6 Å². The summed E-state index contributed by atoms with van der Waals surface area (Å²) >= 11 is 0. The second-order valence-electron chi connectivity index (χ2n) is 5.29. The van der Waals surface area contributed by atoms with E-state index in [1.54, 1.807) is 6.92 Å². The van der Waals surface area contributed by atoms with Crippen molar-refractivity contribution in [2.24, 2.45) is 5.73 Å². The highest BCUT2D eigenvalue weighted by molar-refractivity contribution is 6.07. The molecule has 1 aromatic rings. The average molecular weight is 261 g/mol. The van der Waals surface area contributed by atoms with Gasteiger partial charge >= 0.3 is 5.97 Å². The number of esters is 1. The number of hydrogen-bond donors (Lipinski definition) is 1. The molecule has 0 aromatic heterocycles. The van der Waals surface area contributed by atoms with Crippen molar-refractivity contribution in [3.05, 3.63) is 34.9 Å². The Balaban J connectivity index is 2.42. The van der Waals surface area contributed by atoms with Crippen LogP contribution >= 0.6 is 0 Å². The van der Waals surface area contributed by atoms with Gasteiger partial charge in [-0.15, -0.1) is 0 Å². The zero-order valence-corrected chi connectivity index (χ0v) is 11.5. The van der Waals surface area contributed by atoms with Crippen LogP contribution in [0.2, 0.25) is 0 Å². The molecule has 0 heterocycles. The van der Waals surface area contributed by atoms with E-state index in [1.807, 2.05) is 32.0 Å². The van der Waals surface area contributed by atoms with Gasteiger partial charge in [0.2, 0.25) is 0 Å². The molecule has 1 aromatic carbocycles. The fourth-order valence-corrected chi connectivity index (χ4v) is 2.70. The van der Waals surface area contributed by atoms with Crippen LogP contribution in [0.4, 0.5) is 0 Å². The van der Waals surface area contributed by atoms with Gasteiger partial charge in [0.25, 0.3) is 0 Å². The highest BCUT2D eigenvalue weighted by atomic mass is 16.5. The molecule has 0 saturated carbocycles. The van der Waals surface area contributed by atoms with Crippen molar-refractivity contribution >= 4 is 11.8 Å². The Morgan fingerprint density at radius 2 is 2.16 bits per heavy atom. The molecule has 102 valence electrons. The fraction of sp³-hybridized carbons (Fsp3) is 0.467. The second kappa shape index (κ2) is 4.78. The Kier molecular flexibility index (Phi) is 3.45. The molecule has 0 spiro atoms. The summed E-state index contributed by atoms with van der Waals surface area (Å²) in [7, 11) is 0. The molecule has 0 amide bonds. The van der Waals surface area contributed by atoms with E-state index in [0.717, 1.165) is 11.1 Å². The number of ether oxygens (including phenoxy) is 1. The van der Waals surface area contributed by atoms with Crippen LogP contribution in [-0.2, 0) is 14.9 Å². The van der Waals surface area contributed by atoms with Gasteiger partial charge in [-0.3, -0.25) is 9.59 Å². The third-order valence-electron chi connectivity index (χ3n) is 3.84. The molecule has 4 heteroatoms. The summed E-state index contributed by atoms with van der Waals surface area (Å²) < 4.78 is 4.99. The van der Waals surface area contributed by atoms with E-state index in [4.69, 9.17) is 10.5 Å². The minimum absolute atomic E-state index is 0.0921. The van der Waals surface area contributed by atoms with Crippen molar-refractivity contribution in [3.63, 3.8) is 0 Å². The molecule has 0 aliphatic heterocycles. The SMILES string of the molecule is CCOC(=O)CC1(C)c2ccc(C)cc2C(=O)C1N. The molecular weight excluding hydrogens is 242 g/mol. The molecule has 2 N–H and O–H groups in total. The average Bonchev–Trinajstić information content (AvgIpc) is 2.52. The maximum atomic E-state index is 12.2. The molecule has 1 aliphatic carbocycles. The van der Waals surface area contributed by atoms with Gasteiger partial charge < -0.3 is 10.5 Å². The summed E-state index contributed by atoms with van der Waals surface area (Å²) in [6.45, 7) is 5.88. The lowest BCUT2D eigenvalue weighted by Crippen LogP contribution is -2.44. The van der Waals surface area contributed by atoms with Gasteiger partial charge in [-0.25, -0.2) is 0 Å². The second-order valence-corrected chi connectivity index (χ2v) is 5.29. The standard InChI is InChI=1S/C15H19NO3/c1-4-19-12(17)8-15(3)11-6-5-9(2)7-10(11)13(18)14(15)16/h5-7,14H,4,8,16H2,1-3H3. The number of rotatable bonds is 3. The summed E-state index contributed by atoms with van der Waals surface area (Å²) in [5.41, 5.74) is 7.87. The maximum Gasteiger partial charge on any atom is 0.306 e. The number of carbonyl (C=O) groups excluding carboxylic acids is 2. The van der Waals surface area contributed by atoms with E-state index in [0.29, 0.717) is 12.2 Å². The van der Waals surface area contributed by atoms with Crippen molar-refractivity contribution < 1.29 is 14.3 Å². The first-order chi connectivity index (χ1) is 8.90. The van der Waals surface area contributed by atoms with Crippen molar-refractivity contribution in [1.29, 1.82) is 0 Å². The van der Waals surface area contributed by atoms with Crippen LogP contribution in [-0.4, -0.2) is 24.4 Å². The van der Waals surface area contributed by atoms with E-state index < -0.39 is 11.5 Å². The first-order valence-electron chi connectivity index (χ1n) is 6.46. The largest absolute Gasteiger partial charge is 0.466 e. The highest BCUT2D eigenvalue weighted by Crippen LogP contribution is 2.41. The number of hydrogen-bond acceptors (Lipinski definition) is 4. The summed E-state index contributed by atoms with van der Waals surface area (Å²) in [5, 5.41) is 0. The van der Waals surface area contributed by atoms with Crippen LogP contribution in [0.5, 0.6) is 0 Å². The van der Waals surface area contributed by atoms with Gasteiger partial charge in [-0.1, -0.05) is 24.6 Å². The summed E-state index contributed by atoms with van der Waals surface area (Å²) in [6.07, 6.45) is 0.129. The van der Waals surface area contributed by atoms with Gasteiger partial charge in [0, 0.05) is 11.0 Å². The topological polar surface area (TPSA) is 69.4 Å². The number of aryl methyl sites for hydroxylation is 1. The van der Waals surface area contributed by atoms with Gasteiger partial charge in [0.1, 0.15) is 0 Å². The molecular formula is C15H19NO3. The Morgan fingerprint density at radius 3 is 2.79 bits per heavy atom. The van der Waals surface area contributed by atoms with E-state index in [-0.39, 0.29) is 18.2 Å².